The van der Waals surface area contributed by atoms with Crippen LogP contribution in [-0.2, 0) is 19.8 Å². The zero-order valence-corrected chi connectivity index (χ0v) is 9.12. The van der Waals surface area contributed by atoms with Crippen molar-refractivity contribution in [1.82, 2.24) is 0 Å². The van der Waals surface area contributed by atoms with Crippen molar-refractivity contribution in [2.75, 3.05) is 0 Å². The number of hydrogen-bond donors (Lipinski definition) is 0. The Morgan fingerprint density at radius 2 is 1.75 bits per heavy atom. The monoisotopic (exact) mass is 295 g/mol. The van der Waals surface area contributed by atoms with Crippen LogP contribution in [0.2, 0.25) is 0 Å². The molecule has 1 rings (SSSR count). The van der Waals surface area contributed by atoms with E-state index >= 15 is 0 Å². The molecule has 0 aromatic carbocycles. The summed E-state index contributed by atoms with van der Waals surface area (Å²) in [6.07, 6.45) is 7.57. The van der Waals surface area contributed by atoms with Crippen molar-refractivity contribution in [2.24, 2.45) is 0 Å². The summed E-state index contributed by atoms with van der Waals surface area (Å²) in [5.74, 6) is 1.74. The molecule has 0 aromatic rings. The quantitative estimate of drug-likeness (QED) is 0.603. The summed E-state index contributed by atoms with van der Waals surface area (Å²) < 4.78 is 0. The van der Waals surface area contributed by atoms with Gasteiger partial charge in [0.1, 0.15) is 0 Å². The zero-order chi connectivity index (χ0) is 5.82. The summed E-state index contributed by atoms with van der Waals surface area (Å²) in [5.41, 5.74) is 1.11. The third-order valence-electron chi connectivity index (χ3n) is 1.74. The third kappa shape index (κ3) is 2.19. The van der Waals surface area contributed by atoms with Gasteiger partial charge in [-0.05, 0) is 0 Å². The first kappa shape index (κ1) is 7.28. The Morgan fingerprint density at radius 3 is 2.12 bits per heavy atom. The van der Waals surface area contributed by atoms with Crippen molar-refractivity contribution in [1.29, 1.82) is 0 Å². The maximum atomic E-state index is 1.74. The summed E-state index contributed by atoms with van der Waals surface area (Å²) in [5, 5.41) is 0. The van der Waals surface area contributed by atoms with Crippen LogP contribution < -0.4 is 0 Å². The van der Waals surface area contributed by atoms with Crippen molar-refractivity contribution in [3.8, 4) is 0 Å². The first-order valence-corrected chi connectivity index (χ1v) is 8.50. The van der Waals surface area contributed by atoms with Crippen LogP contribution in [0.1, 0.15) is 32.1 Å². The predicted molar refractivity (Wildman–Crippen MR) is 33.8 cm³/mol. The molecular weight excluding hydrogens is 284 g/mol. The Hall–Kier alpha value is 1.17. The Kier molecular flexibility index (Phi) is 3.70. The molecule has 0 nitrogen and oxygen atoms in total. The van der Waals surface area contributed by atoms with Gasteiger partial charge in [0.15, 0.2) is 0 Å². The second-order valence-electron chi connectivity index (χ2n) is 2.41. The summed E-state index contributed by atoms with van der Waals surface area (Å²) in [6.45, 7) is 0. The van der Waals surface area contributed by atoms with Gasteiger partial charge < -0.3 is 0 Å². The average Bonchev–Trinajstić information content (AvgIpc) is 1.90. The van der Waals surface area contributed by atoms with Gasteiger partial charge in [-0.25, -0.2) is 0 Å². The van der Waals surface area contributed by atoms with Crippen LogP contribution in [0, 0.1) is 0 Å². The second kappa shape index (κ2) is 4.06. The van der Waals surface area contributed by atoms with E-state index in [9.17, 15) is 0 Å². The van der Waals surface area contributed by atoms with E-state index in [0.717, 1.165) is 5.66 Å². The van der Waals surface area contributed by atoms with Crippen molar-refractivity contribution in [3.63, 3.8) is 0 Å². The van der Waals surface area contributed by atoms with E-state index in [2.05, 4.69) is 0 Å². The fourth-order valence-corrected chi connectivity index (χ4v) is 4.28. The maximum absolute atomic E-state index is 1.74. The van der Waals surface area contributed by atoms with E-state index in [1.54, 1.807) is 25.6 Å². The molecule has 1 aliphatic carbocycles. The SMILES string of the molecule is [Ta]#[P+]C1CCCCC1. The molecule has 0 bridgehead atoms. The zero-order valence-electron chi connectivity index (χ0n) is 5.01. The van der Waals surface area contributed by atoms with Crippen LogP contribution >= 0.6 is 5.79 Å². The van der Waals surface area contributed by atoms with E-state index in [1.807, 2.05) is 0 Å². The molecule has 8 heavy (non-hydrogen) atoms. The van der Waals surface area contributed by atoms with Crippen LogP contribution in [0.15, 0.2) is 0 Å². The molecule has 0 spiro atoms. The van der Waals surface area contributed by atoms with Crippen LogP contribution in [-0.4, -0.2) is 5.66 Å². The van der Waals surface area contributed by atoms with Gasteiger partial charge >= 0.3 is 63.4 Å². The first-order valence-electron chi connectivity index (χ1n) is 3.27. The summed E-state index contributed by atoms with van der Waals surface area (Å²) in [7, 11) is 0. The van der Waals surface area contributed by atoms with Gasteiger partial charge in [-0.2, -0.15) is 0 Å². The Morgan fingerprint density at radius 1 is 1.12 bits per heavy atom. The van der Waals surface area contributed by atoms with Crippen molar-refractivity contribution < 1.29 is 19.8 Å². The molecule has 0 radical (unpaired) electrons. The van der Waals surface area contributed by atoms with Crippen LogP contribution in [0.5, 0.6) is 0 Å². The van der Waals surface area contributed by atoms with Gasteiger partial charge in [0.25, 0.3) is 0 Å². The van der Waals surface area contributed by atoms with E-state index < -0.39 is 0 Å². The fraction of sp³-hybridized carbons (Fsp3) is 1.00. The van der Waals surface area contributed by atoms with Gasteiger partial charge in [0, 0.05) is 0 Å². The molecule has 44 valence electrons. The van der Waals surface area contributed by atoms with Crippen LogP contribution in [0.25, 0.3) is 0 Å². The standard InChI is InChI=1S/C6H11P.Ta/c7-6-4-2-1-3-5-6;/h6H,1-5H2;/q+1;. The first-order chi connectivity index (χ1) is 3.93. The normalized spacial score (nSPS) is 22.9. The fourth-order valence-electron chi connectivity index (χ4n) is 1.20. The molecule has 0 amide bonds. The van der Waals surface area contributed by atoms with Gasteiger partial charge in [0.05, 0.1) is 0 Å². The summed E-state index contributed by atoms with van der Waals surface area (Å²) in [4.78, 5) is 0. The average molecular weight is 295 g/mol. The molecule has 0 aliphatic heterocycles. The molecule has 2 heteroatoms. The molecule has 0 heterocycles. The minimum absolute atomic E-state index is 1.11. The van der Waals surface area contributed by atoms with Crippen LogP contribution in [0.4, 0.5) is 0 Å². The number of hydrogen-bond acceptors (Lipinski definition) is 0. The molecule has 1 aliphatic rings. The Labute approximate surface area is 63.5 Å². The van der Waals surface area contributed by atoms with Gasteiger partial charge in [-0.3, -0.25) is 0 Å². The van der Waals surface area contributed by atoms with Crippen LogP contribution in [0.3, 0.4) is 0 Å². The van der Waals surface area contributed by atoms with Gasteiger partial charge in [-0.15, -0.1) is 0 Å². The van der Waals surface area contributed by atoms with Crippen molar-refractivity contribution in [2.45, 2.75) is 37.8 Å². The molecule has 0 unspecified atom stereocenters. The molecule has 0 aromatic heterocycles. The Balaban J connectivity index is 2.25. The topological polar surface area (TPSA) is 0 Å². The molecule has 1 fully saturated rings. The van der Waals surface area contributed by atoms with Gasteiger partial charge in [0.2, 0.25) is 0 Å². The van der Waals surface area contributed by atoms with Gasteiger partial charge in [-0.1, -0.05) is 0 Å². The van der Waals surface area contributed by atoms with E-state index in [0.29, 0.717) is 0 Å². The Bertz CT molecular complexity index is 99.6. The minimum atomic E-state index is 1.11. The molecule has 1 saturated carbocycles. The number of rotatable bonds is 0. The molecular formula is C6H11PTa+. The molecule has 0 atom stereocenters. The summed E-state index contributed by atoms with van der Waals surface area (Å²) >= 11 is 1.58. The van der Waals surface area contributed by atoms with E-state index in [-0.39, 0.29) is 0 Å². The molecule has 0 N–H and O–H groups in total. The van der Waals surface area contributed by atoms with E-state index in [1.165, 1.54) is 32.1 Å². The van der Waals surface area contributed by atoms with E-state index in [4.69, 9.17) is 0 Å². The second-order valence-corrected chi connectivity index (χ2v) is 5.86. The predicted octanol–water partition coefficient (Wildman–Crippen LogP) is 2.73. The third-order valence-corrected chi connectivity index (χ3v) is 6.10. The summed E-state index contributed by atoms with van der Waals surface area (Å²) in [6, 6.07) is 0. The van der Waals surface area contributed by atoms with Crippen molar-refractivity contribution >= 4 is 5.79 Å². The molecule has 0 saturated heterocycles. The van der Waals surface area contributed by atoms with Crippen molar-refractivity contribution in [3.05, 3.63) is 0 Å².